The molecule has 3 amide bonds. The Morgan fingerprint density at radius 2 is 2.00 bits per heavy atom. The lowest BCUT2D eigenvalue weighted by Gasteiger charge is -2.06. The Kier molecular flexibility index (Phi) is 4.57. The fourth-order valence-electron chi connectivity index (χ4n) is 2.39. The summed E-state index contributed by atoms with van der Waals surface area (Å²) in [5, 5.41) is 4.14. The van der Waals surface area contributed by atoms with Crippen LogP contribution < -0.4 is 16.6 Å². The molecule has 0 aliphatic heterocycles. The quantitative estimate of drug-likeness (QED) is 0.740. The molecular formula is C16H13FN4O3S. The Morgan fingerprint density at radius 3 is 2.68 bits per heavy atom. The van der Waals surface area contributed by atoms with Crippen LogP contribution in [0.5, 0.6) is 0 Å². The predicted molar refractivity (Wildman–Crippen MR) is 91.6 cm³/mol. The van der Waals surface area contributed by atoms with Crippen LogP contribution in [-0.4, -0.2) is 21.5 Å². The standard InChI is InChI=1S/C16H13FN4O3S/c17-10-3-1-9(2-4-10)11-7-25-14-13(11)15(23)21(8-19-14)6-5-12(22)20-16(18)24/h1-4,7-8H,5-6H2,(H3,18,20,22,24). The first-order valence-electron chi connectivity index (χ1n) is 7.27. The molecule has 0 saturated heterocycles. The average molecular weight is 360 g/mol. The van der Waals surface area contributed by atoms with Crippen molar-refractivity contribution < 1.29 is 14.0 Å². The molecule has 128 valence electrons. The van der Waals surface area contributed by atoms with Gasteiger partial charge in [0.05, 0.1) is 11.7 Å². The Balaban J connectivity index is 1.95. The lowest BCUT2D eigenvalue weighted by atomic mass is 10.1. The molecule has 0 spiro atoms. The molecule has 0 atom stereocenters. The number of primary amides is 1. The van der Waals surface area contributed by atoms with E-state index in [2.05, 4.69) is 4.98 Å². The first-order chi connectivity index (χ1) is 12.0. The first kappa shape index (κ1) is 16.8. The number of aryl methyl sites for hydroxylation is 1. The summed E-state index contributed by atoms with van der Waals surface area (Å²) in [5.74, 6) is -0.942. The summed E-state index contributed by atoms with van der Waals surface area (Å²) in [6.45, 7) is 0.0551. The molecule has 0 fully saturated rings. The number of carbonyl (C=O) groups is 2. The van der Waals surface area contributed by atoms with E-state index < -0.39 is 11.9 Å². The van der Waals surface area contributed by atoms with E-state index in [1.54, 1.807) is 17.5 Å². The number of thiophene rings is 1. The van der Waals surface area contributed by atoms with E-state index >= 15 is 0 Å². The molecule has 7 nitrogen and oxygen atoms in total. The molecule has 2 heterocycles. The lowest BCUT2D eigenvalue weighted by molar-refractivity contribution is -0.120. The highest BCUT2D eigenvalue weighted by Gasteiger charge is 2.14. The molecular weight excluding hydrogens is 347 g/mol. The number of benzene rings is 1. The smallest absolute Gasteiger partial charge is 0.318 e. The van der Waals surface area contributed by atoms with Crippen LogP contribution in [0.3, 0.4) is 0 Å². The Morgan fingerprint density at radius 1 is 1.28 bits per heavy atom. The van der Waals surface area contributed by atoms with Gasteiger partial charge < -0.3 is 5.73 Å². The summed E-state index contributed by atoms with van der Waals surface area (Å²) >= 11 is 1.31. The van der Waals surface area contributed by atoms with Gasteiger partial charge in [-0.25, -0.2) is 14.2 Å². The minimum absolute atomic E-state index is 0.0551. The van der Waals surface area contributed by atoms with E-state index in [0.717, 1.165) is 0 Å². The highest BCUT2D eigenvalue weighted by Crippen LogP contribution is 2.30. The number of carbonyl (C=O) groups excluding carboxylic acids is 2. The molecule has 0 aliphatic carbocycles. The fourth-order valence-corrected chi connectivity index (χ4v) is 3.30. The number of fused-ring (bicyclic) bond motifs is 1. The van der Waals surface area contributed by atoms with E-state index in [1.165, 1.54) is 34.4 Å². The highest BCUT2D eigenvalue weighted by atomic mass is 32.1. The van der Waals surface area contributed by atoms with Crippen molar-refractivity contribution in [1.82, 2.24) is 14.9 Å². The van der Waals surface area contributed by atoms with Crippen LogP contribution in [-0.2, 0) is 11.3 Å². The highest BCUT2D eigenvalue weighted by molar-refractivity contribution is 7.17. The number of amides is 3. The van der Waals surface area contributed by atoms with Crippen LogP contribution in [0, 0.1) is 5.82 Å². The van der Waals surface area contributed by atoms with Crippen molar-refractivity contribution in [3.05, 3.63) is 52.1 Å². The second kappa shape index (κ2) is 6.81. The minimum Gasteiger partial charge on any atom is -0.351 e. The maximum Gasteiger partial charge on any atom is 0.318 e. The number of imide groups is 1. The zero-order valence-electron chi connectivity index (χ0n) is 12.9. The van der Waals surface area contributed by atoms with Crippen LogP contribution in [0.15, 0.2) is 40.8 Å². The van der Waals surface area contributed by atoms with Crippen LogP contribution in [0.4, 0.5) is 9.18 Å². The summed E-state index contributed by atoms with van der Waals surface area (Å²) in [4.78, 5) is 39.6. The van der Waals surface area contributed by atoms with Gasteiger partial charge in [0, 0.05) is 23.9 Å². The molecule has 0 bridgehead atoms. The zero-order valence-corrected chi connectivity index (χ0v) is 13.7. The molecule has 25 heavy (non-hydrogen) atoms. The third kappa shape index (κ3) is 3.56. The van der Waals surface area contributed by atoms with E-state index in [1.807, 2.05) is 5.32 Å². The summed E-state index contributed by atoms with van der Waals surface area (Å²) in [6.07, 6.45) is 1.26. The van der Waals surface area contributed by atoms with Gasteiger partial charge in [0.15, 0.2) is 0 Å². The van der Waals surface area contributed by atoms with Crippen molar-refractivity contribution in [2.24, 2.45) is 5.73 Å². The summed E-state index contributed by atoms with van der Waals surface area (Å²) in [6, 6.07) is 4.88. The molecule has 9 heteroatoms. The molecule has 3 N–H and O–H groups in total. The van der Waals surface area contributed by atoms with Gasteiger partial charge in [-0.1, -0.05) is 12.1 Å². The Labute approximate surface area is 144 Å². The Hall–Kier alpha value is -3.07. The number of urea groups is 1. The van der Waals surface area contributed by atoms with Gasteiger partial charge >= 0.3 is 6.03 Å². The van der Waals surface area contributed by atoms with Crippen LogP contribution in [0.1, 0.15) is 6.42 Å². The fraction of sp³-hybridized carbons (Fsp3) is 0.125. The first-order valence-corrected chi connectivity index (χ1v) is 8.15. The second-order valence-corrected chi connectivity index (χ2v) is 6.10. The SMILES string of the molecule is NC(=O)NC(=O)CCn1cnc2scc(-c3ccc(F)cc3)c2c1=O. The van der Waals surface area contributed by atoms with Gasteiger partial charge in [-0.3, -0.25) is 19.5 Å². The van der Waals surface area contributed by atoms with E-state index in [9.17, 15) is 18.8 Å². The number of hydrogen-bond donors (Lipinski definition) is 2. The lowest BCUT2D eigenvalue weighted by Crippen LogP contribution is -2.36. The number of hydrogen-bond acceptors (Lipinski definition) is 5. The van der Waals surface area contributed by atoms with Crippen LogP contribution in [0.25, 0.3) is 21.3 Å². The van der Waals surface area contributed by atoms with Gasteiger partial charge in [0.1, 0.15) is 10.6 Å². The molecule has 3 aromatic rings. The summed E-state index contributed by atoms with van der Waals surface area (Å²) < 4.78 is 14.4. The van der Waals surface area contributed by atoms with Crippen molar-refractivity contribution in [2.75, 3.05) is 0 Å². The van der Waals surface area contributed by atoms with E-state index in [-0.39, 0.29) is 24.3 Å². The van der Waals surface area contributed by atoms with E-state index in [4.69, 9.17) is 5.73 Å². The van der Waals surface area contributed by atoms with Gasteiger partial charge in [-0.15, -0.1) is 11.3 Å². The number of nitrogens with two attached hydrogens (primary N) is 1. The predicted octanol–water partition coefficient (Wildman–Crippen LogP) is 1.85. The molecule has 0 unspecified atom stereocenters. The molecule has 0 saturated carbocycles. The molecule has 3 rings (SSSR count). The van der Waals surface area contributed by atoms with Gasteiger partial charge in [-0.05, 0) is 17.7 Å². The Bertz CT molecular complexity index is 1010. The largest absolute Gasteiger partial charge is 0.351 e. The van der Waals surface area contributed by atoms with Crippen molar-refractivity contribution in [3.8, 4) is 11.1 Å². The van der Waals surface area contributed by atoms with Crippen LogP contribution >= 0.6 is 11.3 Å². The maximum absolute atomic E-state index is 13.1. The summed E-state index contributed by atoms with van der Waals surface area (Å²) in [5.41, 5.74) is 5.93. The molecule has 0 radical (unpaired) electrons. The zero-order chi connectivity index (χ0) is 18.0. The number of halogens is 1. The van der Waals surface area contributed by atoms with Gasteiger partial charge in [-0.2, -0.15) is 0 Å². The minimum atomic E-state index is -0.942. The number of rotatable bonds is 4. The van der Waals surface area contributed by atoms with E-state index in [0.29, 0.717) is 21.3 Å². The number of nitrogens with zero attached hydrogens (tertiary/aromatic N) is 2. The van der Waals surface area contributed by atoms with Crippen molar-refractivity contribution in [2.45, 2.75) is 13.0 Å². The van der Waals surface area contributed by atoms with Crippen LogP contribution in [0.2, 0.25) is 0 Å². The number of nitrogens with one attached hydrogen (secondary N) is 1. The average Bonchev–Trinajstić information content (AvgIpc) is 2.99. The van der Waals surface area contributed by atoms with Crippen molar-refractivity contribution in [1.29, 1.82) is 0 Å². The van der Waals surface area contributed by atoms with Crippen molar-refractivity contribution in [3.63, 3.8) is 0 Å². The second-order valence-electron chi connectivity index (χ2n) is 5.24. The van der Waals surface area contributed by atoms with Crippen molar-refractivity contribution >= 4 is 33.5 Å². The molecule has 2 aromatic heterocycles. The third-order valence-electron chi connectivity index (χ3n) is 3.56. The molecule has 1 aromatic carbocycles. The van der Waals surface area contributed by atoms with Gasteiger partial charge in [0.2, 0.25) is 5.91 Å². The number of aromatic nitrogens is 2. The molecule has 0 aliphatic rings. The monoisotopic (exact) mass is 360 g/mol. The van der Waals surface area contributed by atoms with Gasteiger partial charge in [0.25, 0.3) is 5.56 Å². The topological polar surface area (TPSA) is 107 Å². The third-order valence-corrected chi connectivity index (χ3v) is 4.44. The maximum atomic E-state index is 13.1. The normalized spacial score (nSPS) is 10.8. The summed E-state index contributed by atoms with van der Waals surface area (Å²) in [7, 11) is 0.